The molecule has 0 fully saturated rings. The summed E-state index contributed by atoms with van der Waals surface area (Å²) in [4.78, 5) is 29.4. The maximum atomic E-state index is 12.5. The Morgan fingerprint density at radius 3 is 2.55 bits per heavy atom. The van der Waals surface area contributed by atoms with Crippen molar-refractivity contribution in [1.29, 1.82) is 0 Å². The van der Waals surface area contributed by atoms with E-state index in [0.29, 0.717) is 28.9 Å². The van der Waals surface area contributed by atoms with Crippen molar-refractivity contribution < 1.29 is 4.79 Å². The van der Waals surface area contributed by atoms with Gasteiger partial charge in [0.15, 0.2) is 5.82 Å². The van der Waals surface area contributed by atoms with Gasteiger partial charge in [0.1, 0.15) is 6.54 Å². The highest BCUT2D eigenvalue weighted by molar-refractivity contribution is 6.30. The first-order valence-electron chi connectivity index (χ1n) is 9.05. The Bertz CT molecular complexity index is 1230. The number of carbonyl (C=O) groups excluding carboxylic acids is 1. The number of nitrogens with zero attached hydrogens (tertiary/aromatic N) is 4. The number of aryl methyl sites for hydroxylation is 1. The average molecular weight is 408 g/mol. The van der Waals surface area contributed by atoms with Crippen LogP contribution in [0.5, 0.6) is 0 Å². The summed E-state index contributed by atoms with van der Waals surface area (Å²) in [5, 5.41) is 7.80. The Morgan fingerprint density at radius 1 is 1.10 bits per heavy atom. The van der Waals surface area contributed by atoms with Gasteiger partial charge in [-0.05, 0) is 36.8 Å². The first kappa shape index (κ1) is 18.9. The summed E-state index contributed by atoms with van der Waals surface area (Å²) in [6.45, 7) is 2.22. The molecule has 0 saturated heterocycles. The van der Waals surface area contributed by atoms with Gasteiger partial charge in [0.25, 0.3) is 5.56 Å². The minimum atomic E-state index is -0.300. The van der Waals surface area contributed by atoms with Gasteiger partial charge in [-0.3, -0.25) is 9.59 Å². The smallest absolute Gasteiger partial charge is 0.275 e. The number of nitrogens with one attached hydrogen (secondary N) is 1. The van der Waals surface area contributed by atoms with Gasteiger partial charge in [-0.1, -0.05) is 41.9 Å². The third-order valence-electron chi connectivity index (χ3n) is 4.54. The largest absolute Gasteiger partial charge is 0.350 e. The molecule has 0 bridgehead atoms. The van der Waals surface area contributed by atoms with E-state index in [2.05, 4.69) is 15.4 Å². The fourth-order valence-electron chi connectivity index (χ4n) is 3.01. The second-order valence-electron chi connectivity index (χ2n) is 6.63. The van der Waals surface area contributed by atoms with Crippen molar-refractivity contribution in [2.75, 3.05) is 0 Å². The minimum Gasteiger partial charge on any atom is -0.350 e. The molecule has 4 aromatic rings. The Balaban J connectivity index is 1.64. The Morgan fingerprint density at radius 2 is 1.83 bits per heavy atom. The van der Waals surface area contributed by atoms with E-state index in [4.69, 9.17) is 11.6 Å². The topological polar surface area (TPSA) is 81.3 Å². The van der Waals surface area contributed by atoms with E-state index in [1.54, 1.807) is 35.8 Å². The predicted octanol–water partition coefficient (Wildman–Crippen LogP) is 2.84. The number of amides is 1. The van der Waals surface area contributed by atoms with Crippen LogP contribution in [0.3, 0.4) is 0 Å². The normalized spacial score (nSPS) is 11.0. The fraction of sp³-hybridized carbons (Fsp3) is 0.143. The first-order valence-corrected chi connectivity index (χ1v) is 9.43. The van der Waals surface area contributed by atoms with Crippen molar-refractivity contribution >= 4 is 23.3 Å². The van der Waals surface area contributed by atoms with E-state index in [1.807, 2.05) is 30.3 Å². The lowest BCUT2D eigenvalue weighted by Crippen LogP contribution is -2.30. The average Bonchev–Trinajstić information content (AvgIpc) is 3.17. The molecule has 0 unspecified atom stereocenters. The predicted molar refractivity (Wildman–Crippen MR) is 111 cm³/mol. The van der Waals surface area contributed by atoms with Crippen molar-refractivity contribution in [3.05, 3.63) is 87.3 Å². The van der Waals surface area contributed by atoms with Crippen LogP contribution in [0.4, 0.5) is 0 Å². The lowest BCUT2D eigenvalue weighted by atomic mass is 10.2. The van der Waals surface area contributed by atoms with Crippen LogP contribution in [0.15, 0.2) is 65.5 Å². The van der Waals surface area contributed by atoms with Crippen LogP contribution in [0.1, 0.15) is 11.3 Å². The number of aromatic nitrogens is 4. The van der Waals surface area contributed by atoms with Crippen molar-refractivity contribution in [2.45, 2.75) is 20.0 Å². The number of hydrogen-bond donors (Lipinski definition) is 1. The maximum absolute atomic E-state index is 12.5. The summed E-state index contributed by atoms with van der Waals surface area (Å²) in [5.74, 6) is 0.524. The van der Waals surface area contributed by atoms with Gasteiger partial charge in [0.05, 0.1) is 0 Å². The third-order valence-corrected chi connectivity index (χ3v) is 4.79. The van der Waals surface area contributed by atoms with Crippen LogP contribution >= 0.6 is 11.6 Å². The van der Waals surface area contributed by atoms with Crippen LogP contribution < -0.4 is 10.9 Å². The second-order valence-corrected chi connectivity index (χ2v) is 7.06. The van der Waals surface area contributed by atoms with E-state index in [1.165, 1.54) is 10.6 Å². The molecule has 8 heteroatoms. The van der Waals surface area contributed by atoms with E-state index >= 15 is 0 Å². The maximum Gasteiger partial charge on any atom is 0.275 e. The van der Waals surface area contributed by atoms with Gasteiger partial charge in [-0.25, -0.2) is 0 Å². The molecule has 2 aromatic carbocycles. The van der Waals surface area contributed by atoms with Gasteiger partial charge in [-0.2, -0.15) is 9.50 Å². The number of rotatable bonds is 5. The summed E-state index contributed by atoms with van der Waals surface area (Å²) in [7, 11) is 0. The molecule has 0 atom stereocenters. The quantitative estimate of drug-likeness (QED) is 0.551. The Kier molecular flexibility index (Phi) is 5.14. The van der Waals surface area contributed by atoms with E-state index in [9.17, 15) is 9.59 Å². The summed E-state index contributed by atoms with van der Waals surface area (Å²) in [6, 6.07) is 18.1. The zero-order valence-electron chi connectivity index (χ0n) is 15.7. The molecule has 1 amide bonds. The molecule has 0 radical (unpaired) electrons. The molecular formula is C21H18ClN5O2. The second kappa shape index (κ2) is 7.89. The minimum absolute atomic E-state index is 0.0290. The molecule has 0 aliphatic heterocycles. The Labute approximate surface area is 171 Å². The Hall–Kier alpha value is -3.45. The molecule has 7 nitrogen and oxygen atoms in total. The molecule has 0 saturated carbocycles. The zero-order valence-corrected chi connectivity index (χ0v) is 16.4. The summed E-state index contributed by atoms with van der Waals surface area (Å²) in [6.07, 6.45) is 0. The lowest BCUT2D eigenvalue weighted by molar-refractivity contribution is -0.121. The van der Waals surface area contributed by atoms with Gasteiger partial charge in [0, 0.05) is 28.9 Å². The molecule has 2 heterocycles. The summed E-state index contributed by atoms with van der Waals surface area (Å²) < 4.78 is 2.88. The molecule has 1 N–H and O–H groups in total. The molecule has 0 aliphatic carbocycles. The van der Waals surface area contributed by atoms with Crippen molar-refractivity contribution in [3.63, 3.8) is 0 Å². The van der Waals surface area contributed by atoms with E-state index in [-0.39, 0.29) is 18.0 Å². The van der Waals surface area contributed by atoms with Crippen molar-refractivity contribution in [1.82, 2.24) is 24.5 Å². The van der Waals surface area contributed by atoms with Crippen LogP contribution in [0, 0.1) is 6.92 Å². The molecule has 146 valence electrons. The number of benzene rings is 2. The van der Waals surface area contributed by atoms with E-state index in [0.717, 1.165) is 11.1 Å². The fourth-order valence-corrected chi connectivity index (χ4v) is 3.14. The number of hydrogen-bond acceptors (Lipinski definition) is 4. The number of halogens is 1. The highest BCUT2D eigenvalue weighted by Gasteiger charge is 2.15. The lowest BCUT2D eigenvalue weighted by Gasteiger charge is -2.11. The SMILES string of the molecule is Cc1cc(=O)n2nc(-c3ccc(Cl)cc3)nc2n1CC(=O)NCc1ccccc1. The molecule has 0 spiro atoms. The van der Waals surface area contributed by atoms with Gasteiger partial charge in [-0.15, -0.1) is 5.10 Å². The molecular weight excluding hydrogens is 390 g/mol. The molecule has 0 aliphatic rings. The summed E-state index contributed by atoms with van der Waals surface area (Å²) >= 11 is 5.94. The van der Waals surface area contributed by atoms with Gasteiger partial charge >= 0.3 is 0 Å². The standard InChI is InChI=1S/C21H18ClN5O2/c1-14-11-19(29)27-21(24-20(25-27)16-7-9-17(22)10-8-16)26(14)13-18(28)23-12-15-5-3-2-4-6-15/h2-11H,12-13H2,1H3,(H,23,28). The van der Waals surface area contributed by atoms with Gasteiger partial charge < -0.3 is 9.88 Å². The highest BCUT2D eigenvalue weighted by Crippen LogP contribution is 2.19. The van der Waals surface area contributed by atoms with Crippen molar-refractivity contribution in [2.24, 2.45) is 0 Å². The summed E-state index contributed by atoms with van der Waals surface area (Å²) in [5.41, 5.74) is 2.07. The number of carbonyl (C=O) groups is 1. The molecule has 29 heavy (non-hydrogen) atoms. The third kappa shape index (κ3) is 4.05. The molecule has 4 rings (SSSR count). The van der Waals surface area contributed by atoms with Crippen molar-refractivity contribution in [3.8, 4) is 11.4 Å². The molecule has 2 aromatic heterocycles. The monoisotopic (exact) mass is 407 g/mol. The van der Waals surface area contributed by atoms with E-state index < -0.39 is 0 Å². The number of fused-ring (bicyclic) bond motifs is 1. The van der Waals surface area contributed by atoms with Crippen LogP contribution in [-0.4, -0.2) is 25.1 Å². The highest BCUT2D eigenvalue weighted by atomic mass is 35.5. The zero-order chi connectivity index (χ0) is 20.4. The first-order chi connectivity index (χ1) is 14.0. The van der Waals surface area contributed by atoms with Crippen LogP contribution in [-0.2, 0) is 17.9 Å². The van der Waals surface area contributed by atoms with Gasteiger partial charge in [0.2, 0.25) is 11.7 Å². The van der Waals surface area contributed by atoms with Crippen LogP contribution in [0.2, 0.25) is 5.02 Å². The van der Waals surface area contributed by atoms with Crippen LogP contribution in [0.25, 0.3) is 17.2 Å².